The number of methoxy groups -OCH3 is 2. The lowest BCUT2D eigenvalue weighted by Gasteiger charge is -2.15. The number of fused-ring (bicyclic) bond motifs is 1. The van der Waals surface area contributed by atoms with E-state index in [1.54, 1.807) is 25.3 Å². The molecule has 0 atom stereocenters. The molecule has 0 radical (unpaired) electrons. The number of carbonyl (C=O) groups is 1. The van der Waals surface area contributed by atoms with Gasteiger partial charge in [0.15, 0.2) is 11.5 Å². The van der Waals surface area contributed by atoms with E-state index >= 15 is 0 Å². The molecule has 1 amide bonds. The second kappa shape index (κ2) is 8.85. The second-order valence-corrected chi connectivity index (χ2v) is 8.40. The zero-order chi connectivity index (χ0) is 21.1. The molecular formula is C23H20N2O3S2. The number of carbonyl (C=O) groups excluding carboxylic acids is 1. The minimum absolute atomic E-state index is 0.0586. The van der Waals surface area contributed by atoms with E-state index in [1.165, 1.54) is 11.8 Å². The molecule has 1 saturated heterocycles. The fourth-order valence-corrected chi connectivity index (χ4v) is 4.61. The lowest BCUT2D eigenvalue weighted by molar-refractivity contribution is -0.122. The number of benzene rings is 2. The summed E-state index contributed by atoms with van der Waals surface area (Å²) in [6.45, 7) is 0.513. The topological polar surface area (TPSA) is 51.7 Å². The second-order valence-electron chi connectivity index (χ2n) is 6.73. The SMILES string of the molecule is COc1ccc(CCN2C(=O)/C(=C/c3ccc4ncccc4c3)SC2=S)cc1OC. The lowest BCUT2D eigenvalue weighted by atomic mass is 10.1. The van der Waals surface area contributed by atoms with Crippen LogP contribution in [0.15, 0.2) is 59.6 Å². The number of ether oxygens (including phenoxy) is 2. The van der Waals surface area contributed by atoms with Gasteiger partial charge in [0.1, 0.15) is 4.32 Å². The monoisotopic (exact) mass is 436 g/mol. The Hall–Kier alpha value is -2.90. The molecule has 0 bridgehead atoms. The zero-order valence-corrected chi connectivity index (χ0v) is 18.3. The third-order valence-electron chi connectivity index (χ3n) is 4.87. The van der Waals surface area contributed by atoms with Crippen molar-refractivity contribution >= 4 is 51.2 Å². The molecule has 1 aliphatic heterocycles. The fourth-order valence-electron chi connectivity index (χ4n) is 3.31. The van der Waals surface area contributed by atoms with E-state index in [-0.39, 0.29) is 5.91 Å². The Kier molecular flexibility index (Phi) is 6.01. The number of hydrogen-bond donors (Lipinski definition) is 0. The number of hydrogen-bond acceptors (Lipinski definition) is 6. The molecule has 1 aliphatic rings. The fraction of sp³-hybridized carbons (Fsp3) is 0.174. The minimum atomic E-state index is -0.0586. The number of rotatable bonds is 6. The van der Waals surface area contributed by atoms with Crippen LogP contribution < -0.4 is 9.47 Å². The van der Waals surface area contributed by atoms with Crippen molar-refractivity contribution in [3.63, 3.8) is 0 Å². The van der Waals surface area contributed by atoms with Gasteiger partial charge in [0.05, 0.1) is 24.6 Å². The highest BCUT2D eigenvalue weighted by Gasteiger charge is 2.31. The Bertz CT molecular complexity index is 1160. The van der Waals surface area contributed by atoms with Crippen molar-refractivity contribution < 1.29 is 14.3 Å². The molecule has 5 nitrogen and oxygen atoms in total. The summed E-state index contributed by atoms with van der Waals surface area (Å²) in [5.74, 6) is 1.29. The van der Waals surface area contributed by atoms with Gasteiger partial charge < -0.3 is 9.47 Å². The standard InChI is InChI=1S/C23H20N2O3S2/c1-27-19-8-6-15(13-20(19)28-2)9-11-25-22(26)21(30-23(25)29)14-16-5-7-18-17(12-16)4-3-10-24-18/h3-8,10,12-14H,9,11H2,1-2H3/b21-14-. The van der Waals surface area contributed by atoms with Gasteiger partial charge in [-0.3, -0.25) is 14.7 Å². The van der Waals surface area contributed by atoms with Crippen LogP contribution in [0.25, 0.3) is 17.0 Å². The lowest BCUT2D eigenvalue weighted by Crippen LogP contribution is -2.30. The molecule has 0 aliphatic carbocycles. The molecular weight excluding hydrogens is 416 g/mol. The highest BCUT2D eigenvalue weighted by Crippen LogP contribution is 2.33. The molecule has 7 heteroatoms. The first kappa shape index (κ1) is 20.4. The third kappa shape index (κ3) is 4.17. The van der Waals surface area contributed by atoms with Crippen LogP contribution in [0.3, 0.4) is 0 Å². The number of thiocarbonyl (C=S) groups is 1. The molecule has 4 rings (SSSR count). The summed E-state index contributed by atoms with van der Waals surface area (Å²) < 4.78 is 11.2. The van der Waals surface area contributed by atoms with E-state index in [1.807, 2.05) is 54.6 Å². The highest BCUT2D eigenvalue weighted by molar-refractivity contribution is 8.26. The van der Waals surface area contributed by atoms with Gasteiger partial charge in [0, 0.05) is 18.1 Å². The molecule has 2 aromatic carbocycles. The van der Waals surface area contributed by atoms with Crippen LogP contribution in [0.5, 0.6) is 11.5 Å². The van der Waals surface area contributed by atoms with Crippen LogP contribution in [0.1, 0.15) is 11.1 Å². The van der Waals surface area contributed by atoms with Crippen LogP contribution in [-0.2, 0) is 11.2 Å². The Labute approximate surface area is 184 Å². The molecule has 3 aromatic rings. The molecule has 2 heterocycles. The number of thioether (sulfide) groups is 1. The van der Waals surface area contributed by atoms with E-state index in [9.17, 15) is 4.79 Å². The summed E-state index contributed by atoms with van der Waals surface area (Å²) in [7, 11) is 3.22. The average Bonchev–Trinajstić information content (AvgIpc) is 3.04. The van der Waals surface area contributed by atoms with Crippen molar-refractivity contribution in [1.82, 2.24) is 9.88 Å². The Morgan fingerprint density at radius 1 is 1.10 bits per heavy atom. The molecule has 152 valence electrons. The molecule has 0 saturated carbocycles. The maximum absolute atomic E-state index is 12.9. The molecule has 30 heavy (non-hydrogen) atoms. The van der Waals surface area contributed by atoms with Crippen LogP contribution in [0.2, 0.25) is 0 Å². The van der Waals surface area contributed by atoms with Gasteiger partial charge in [-0.2, -0.15) is 0 Å². The number of nitrogens with zero attached hydrogens (tertiary/aromatic N) is 2. The van der Waals surface area contributed by atoms with Crippen molar-refractivity contribution in [2.75, 3.05) is 20.8 Å². The van der Waals surface area contributed by atoms with Gasteiger partial charge in [-0.05, 0) is 54.0 Å². The predicted molar refractivity (Wildman–Crippen MR) is 125 cm³/mol. The van der Waals surface area contributed by atoms with Crippen molar-refractivity contribution in [1.29, 1.82) is 0 Å². The first-order valence-electron chi connectivity index (χ1n) is 9.40. The van der Waals surface area contributed by atoms with Gasteiger partial charge in [-0.15, -0.1) is 0 Å². The van der Waals surface area contributed by atoms with Crippen LogP contribution in [0.4, 0.5) is 0 Å². The Morgan fingerprint density at radius 2 is 1.93 bits per heavy atom. The van der Waals surface area contributed by atoms with Gasteiger partial charge >= 0.3 is 0 Å². The summed E-state index contributed by atoms with van der Waals surface area (Å²) in [5, 5.41) is 1.04. The van der Waals surface area contributed by atoms with Gasteiger partial charge in [-0.1, -0.05) is 42.2 Å². The first-order chi connectivity index (χ1) is 14.6. The van der Waals surface area contributed by atoms with E-state index in [0.29, 0.717) is 33.7 Å². The van der Waals surface area contributed by atoms with Crippen LogP contribution in [0, 0.1) is 0 Å². The summed E-state index contributed by atoms with van der Waals surface area (Å²) in [6, 6.07) is 15.6. The smallest absolute Gasteiger partial charge is 0.266 e. The zero-order valence-electron chi connectivity index (χ0n) is 16.6. The quantitative estimate of drug-likeness (QED) is 0.413. The normalized spacial score (nSPS) is 15.3. The van der Waals surface area contributed by atoms with Crippen molar-refractivity contribution in [2.24, 2.45) is 0 Å². The molecule has 1 aromatic heterocycles. The van der Waals surface area contributed by atoms with E-state index < -0.39 is 0 Å². The van der Waals surface area contributed by atoms with Crippen molar-refractivity contribution in [2.45, 2.75) is 6.42 Å². The largest absolute Gasteiger partial charge is 0.493 e. The third-order valence-corrected chi connectivity index (χ3v) is 6.25. The summed E-state index contributed by atoms with van der Waals surface area (Å²) in [5.41, 5.74) is 2.93. The predicted octanol–water partition coefficient (Wildman–Crippen LogP) is 4.70. The van der Waals surface area contributed by atoms with E-state index in [4.69, 9.17) is 21.7 Å². The summed E-state index contributed by atoms with van der Waals surface area (Å²) in [4.78, 5) is 19.5. The number of aromatic nitrogens is 1. The molecule has 1 fully saturated rings. The van der Waals surface area contributed by atoms with Crippen LogP contribution >= 0.6 is 24.0 Å². The number of pyridine rings is 1. The van der Waals surface area contributed by atoms with E-state index in [0.717, 1.165) is 22.0 Å². The maximum atomic E-state index is 12.9. The molecule has 0 N–H and O–H groups in total. The van der Waals surface area contributed by atoms with Gasteiger partial charge in [-0.25, -0.2) is 0 Å². The molecule has 0 unspecified atom stereocenters. The van der Waals surface area contributed by atoms with Gasteiger partial charge in [0.2, 0.25) is 0 Å². The van der Waals surface area contributed by atoms with Crippen LogP contribution in [-0.4, -0.2) is 40.9 Å². The molecule has 0 spiro atoms. The van der Waals surface area contributed by atoms with E-state index in [2.05, 4.69) is 4.98 Å². The van der Waals surface area contributed by atoms with Crippen molar-refractivity contribution in [3.8, 4) is 11.5 Å². The van der Waals surface area contributed by atoms with Gasteiger partial charge in [0.25, 0.3) is 5.91 Å². The maximum Gasteiger partial charge on any atom is 0.266 e. The minimum Gasteiger partial charge on any atom is -0.493 e. The highest BCUT2D eigenvalue weighted by atomic mass is 32.2. The Balaban J connectivity index is 1.49. The summed E-state index contributed by atoms with van der Waals surface area (Å²) >= 11 is 6.80. The number of amides is 1. The Morgan fingerprint density at radius 3 is 2.73 bits per heavy atom. The summed E-state index contributed by atoms with van der Waals surface area (Å²) in [6.07, 6.45) is 4.33. The average molecular weight is 437 g/mol. The van der Waals surface area contributed by atoms with Crippen molar-refractivity contribution in [3.05, 3.63) is 70.8 Å². The first-order valence-corrected chi connectivity index (χ1v) is 10.6.